The third kappa shape index (κ3) is 8.65. The number of carbonyl (C=O) groups is 4. The molecule has 3 aromatic heterocycles. The van der Waals surface area contributed by atoms with Gasteiger partial charge in [-0.3, -0.25) is 29.3 Å². The summed E-state index contributed by atoms with van der Waals surface area (Å²) in [6.07, 6.45) is 1.67. The van der Waals surface area contributed by atoms with Crippen molar-refractivity contribution < 1.29 is 52.6 Å². The number of aromatic hydroxyl groups is 1. The Morgan fingerprint density at radius 2 is 1.39 bits per heavy atom. The predicted molar refractivity (Wildman–Crippen MR) is 195 cm³/mol. The number of Topliss-reactive ketones (excluding diaryl/α,β-unsaturated/α-hetero) is 2. The number of halogens is 1. The average Bonchev–Trinajstić information content (AvgIpc) is 3.86. The fourth-order valence-electron chi connectivity index (χ4n) is 5.14. The number of hydrogen-bond donors (Lipinski definition) is 1. The number of phenols is 1. The van der Waals surface area contributed by atoms with Crippen molar-refractivity contribution in [3.8, 4) is 17.2 Å². The molecule has 0 aliphatic heterocycles. The lowest BCUT2D eigenvalue weighted by atomic mass is 10.0. The summed E-state index contributed by atoms with van der Waals surface area (Å²) in [5, 5.41) is 23.1. The van der Waals surface area contributed by atoms with Gasteiger partial charge in [0.2, 0.25) is 5.75 Å². The Labute approximate surface area is 307 Å². The summed E-state index contributed by atoms with van der Waals surface area (Å²) in [5.74, 6) is -1.81. The second kappa shape index (κ2) is 17.1. The number of hydrogen-bond acceptors (Lipinski definition) is 15. The highest BCUT2D eigenvalue weighted by atomic mass is 79.9. The number of oxazole rings is 1. The van der Waals surface area contributed by atoms with Crippen LogP contribution in [-0.2, 0) is 25.5 Å². The first-order valence-corrected chi connectivity index (χ1v) is 18.2. The number of rotatable bonds is 14. The molecule has 2 aromatic carbocycles. The van der Waals surface area contributed by atoms with E-state index in [1.165, 1.54) is 44.8 Å². The highest BCUT2D eigenvalue weighted by molar-refractivity contribution is 9.09. The number of nitrogens with zero attached hydrogens (tertiary/aromatic N) is 2. The minimum atomic E-state index is -0.724. The van der Waals surface area contributed by atoms with Gasteiger partial charge in [0.05, 0.1) is 60.3 Å². The van der Waals surface area contributed by atoms with E-state index in [1.54, 1.807) is 21.0 Å². The zero-order valence-corrected chi connectivity index (χ0v) is 31.7. The van der Waals surface area contributed by atoms with E-state index in [-0.39, 0.29) is 46.4 Å². The second-order valence-corrected chi connectivity index (χ2v) is 14.3. The number of aryl methyl sites for hydroxylation is 1. The largest absolute Gasteiger partial charge is 0.499 e. The SMILES string of the molecule is COC(=O)[C@@H](C)CC(=O)c1cc2c([N+](=O)[O-])c(O)c(OC)cc2s1.COC(=O)[C@@H](C)CC(=O)c1cc2c(cc(OC)c3oc(CCCBr)nc32)s1. The number of nitro benzene ring substituents is 1. The fourth-order valence-corrected chi connectivity index (χ4v) is 7.51. The predicted octanol–water partition coefficient (Wildman–Crippen LogP) is 7.67. The molecule has 0 aliphatic rings. The molecule has 272 valence electrons. The lowest BCUT2D eigenvalue weighted by molar-refractivity contribution is -0.384. The molecule has 51 heavy (non-hydrogen) atoms. The van der Waals surface area contributed by atoms with E-state index in [2.05, 4.69) is 25.7 Å². The molecule has 0 saturated heterocycles. The molecule has 0 bridgehead atoms. The van der Waals surface area contributed by atoms with Crippen LogP contribution >= 0.6 is 38.6 Å². The van der Waals surface area contributed by atoms with Gasteiger partial charge in [-0.1, -0.05) is 29.8 Å². The van der Waals surface area contributed by atoms with Crippen molar-refractivity contribution in [3.63, 3.8) is 0 Å². The van der Waals surface area contributed by atoms with Crippen molar-refractivity contribution in [1.29, 1.82) is 0 Å². The number of phenolic OH excluding ortho intramolecular Hbond substituents is 1. The van der Waals surface area contributed by atoms with Crippen LogP contribution in [0.3, 0.4) is 0 Å². The van der Waals surface area contributed by atoms with Crippen LogP contribution in [0.25, 0.3) is 31.3 Å². The van der Waals surface area contributed by atoms with E-state index < -0.39 is 34.2 Å². The van der Waals surface area contributed by atoms with Gasteiger partial charge in [0.15, 0.2) is 34.5 Å². The van der Waals surface area contributed by atoms with Gasteiger partial charge in [-0.2, -0.15) is 0 Å². The number of thiophene rings is 2. The maximum Gasteiger partial charge on any atom is 0.323 e. The van der Waals surface area contributed by atoms with Gasteiger partial charge in [0.1, 0.15) is 5.52 Å². The van der Waals surface area contributed by atoms with Crippen molar-refractivity contribution >= 4 is 99.1 Å². The van der Waals surface area contributed by atoms with Gasteiger partial charge in [0.25, 0.3) is 0 Å². The van der Waals surface area contributed by atoms with Gasteiger partial charge in [0, 0.05) is 51.5 Å². The molecule has 14 nitrogen and oxygen atoms in total. The first-order chi connectivity index (χ1) is 24.3. The standard InChI is InChI=1S/C19H20BrNO5S.C15H15NO7S/c1-10(19(23)25-3)7-12(22)15-8-11-14(27-15)9-13(24-2)18-17(11)21-16(26-18)5-4-6-20;1-7(15(19)23-3)4-9(17)12-5-8-11(24-12)6-10(22-2)14(18)13(8)16(20)21/h8-10H,4-7H2,1-3H3;5-7,18H,4H2,1-3H3/t10-;7-/m00/s1. The topological polar surface area (TPSA) is 195 Å². The summed E-state index contributed by atoms with van der Waals surface area (Å²) in [6, 6.07) is 6.47. The Balaban J connectivity index is 0.000000230. The molecule has 0 radical (unpaired) electrons. The number of benzene rings is 2. The third-order valence-electron chi connectivity index (χ3n) is 7.80. The maximum atomic E-state index is 12.6. The van der Waals surface area contributed by atoms with Crippen LogP contribution in [-0.4, -0.2) is 72.3 Å². The molecular weight excluding hydrogens is 772 g/mol. The summed E-state index contributed by atoms with van der Waals surface area (Å²) in [7, 11) is 5.42. The summed E-state index contributed by atoms with van der Waals surface area (Å²) >= 11 is 5.82. The van der Waals surface area contributed by atoms with Crippen LogP contribution in [0.4, 0.5) is 5.69 Å². The summed E-state index contributed by atoms with van der Waals surface area (Å²) in [5.41, 5.74) is 0.778. The van der Waals surface area contributed by atoms with Crippen molar-refractivity contribution in [1.82, 2.24) is 4.98 Å². The molecule has 2 atom stereocenters. The minimum absolute atomic E-state index is 0.0435. The summed E-state index contributed by atoms with van der Waals surface area (Å²) < 4.78 is 26.9. The first kappa shape index (κ1) is 39.2. The lowest BCUT2D eigenvalue weighted by Crippen LogP contribution is -2.16. The van der Waals surface area contributed by atoms with Crippen LogP contribution in [0.5, 0.6) is 17.2 Å². The number of fused-ring (bicyclic) bond motifs is 4. The second-order valence-electron chi connectivity index (χ2n) is 11.3. The molecular formula is C34H35BrN2O12S2. The van der Waals surface area contributed by atoms with Gasteiger partial charge < -0.3 is 28.5 Å². The highest BCUT2D eigenvalue weighted by Crippen LogP contribution is 2.45. The number of carbonyl (C=O) groups excluding carboxylic acids is 4. The molecule has 5 rings (SSSR count). The van der Waals surface area contributed by atoms with E-state index >= 15 is 0 Å². The van der Waals surface area contributed by atoms with Gasteiger partial charge in [-0.15, -0.1) is 22.7 Å². The molecule has 0 fully saturated rings. The van der Waals surface area contributed by atoms with Crippen LogP contribution < -0.4 is 9.47 Å². The molecule has 0 saturated carbocycles. The van der Waals surface area contributed by atoms with Gasteiger partial charge in [-0.05, 0) is 18.6 Å². The smallest absolute Gasteiger partial charge is 0.323 e. The van der Waals surface area contributed by atoms with E-state index in [9.17, 15) is 34.4 Å². The third-order valence-corrected chi connectivity index (χ3v) is 10.6. The molecule has 5 aromatic rings. The number of esters is 2. The van der Waals surface area contributed by atoms with E-state index in [1.807, 2.05) is 12.1 Å². The molecule has 0 amide bonds. The van der Waals surface area contributed by atoms with E-state index in [0.29, 0.717) is 32.3 Å². The molecule has 17 heteroatoms. The zero-order chi connectivity index (χ0) is 37.6. The van der Waals surface area contributed by atoms with Crippen LogP contribution in [0.1, 0.15) is 58.3 Å². The highest BCUT2D eigenvalue weighted by Gasteiger charge is 2.27. The molecule has 0 aliphatic carbocycles. The number of methoxy groups -OCH3 is 4. The minimum Gasteiger partial charge on any atom is -0.499 e. The first-order valence-electron chi connectivity index (χ1n) is 15.4. The van der Waals surface area contributed by atoms with Gasteiger partial charge in [-0.25, -0.2) is 4.98 Å². The Bertz CT molecular complexity index is 2120. The summed E-state index contributed by atoms with van der Waals surface area (Å²) in [4.78, 5) is 63.9. The molecule has 1 N–H and O–H groups in total. The monoisotopic (exact) mass is 806 g/mol. The van der Waals surface area contributed by atoms with Crippen molar-refractivity contribution in [2.24, 2.45) is 11.8 Å². The molecule has 0 unspecified atom stereocenters. The van der Waals surface area contributed by atoms with Crippen molar-refractivity contribution in [2.45, 2.75) is 39.5 Å². The Morgan fingerprint density at radius 3 is 1.88 bits per heavy atom. The number of alkyl halides is 1. The Kier molecular flexibility index (Phi) is 13.1. The lowest BCUT2D eigenvalue weighted by Gasteiger charge is -2.06. The molecule has 0 spiro atoms. The Morgan fingerprint density at radius 1 is 0.882 bits per heavy atom. The van der Waals surface area contributed by atoms with Crippen LogP contribution in [0.2, 0.25) is 0 Å². The zero-order valence-electron chi connectivity index (χ0n) is 28.5. The van der Waals surface area contributed by atoms with Crippen molar-refractivity contribution in [3.05, 3.63) is 50.0 Å². The van der Waals surface area contributed by atoms with Crippen LogP contribution in [0.15, 0.2) is 28.7 Å². The number of aromatic nitrogens is 1. The van der Waals surface area contributed by atoms with E-state index in [4.69, 9.17) is 18.6 Å². The van der Waals surface area contributed by atoms with Gasteiger partial charge >= 0.3 is 17.6 Å². The van der Waals surface area contributed by atoms with Crippen molar-refractivity contribution in [2.75, 3.05) is 33.8 Å². The maximum absolute atomic E-state index is 12.6. The Hall–Kier alpha value is -4.61. The van der Waals surface area contributed by atoms with E-state index in [0.717, 1.165) is 39.6 Å². The quantitative estimate of drug-likeness (QED) is 0.0378. The number of nitro groups is 1. The fraction of sp³-hybridized carbons (Fsp3) is 0.382. The number of ether oxygens (including phenoxy) is 4. The molecule has 3 heterocycles. The normalized spacial score (nSPS) is 12.2. The number of ketones is 2. The summed E-state index contributed by atoms with van der Waals surface area (Å²) in [6.45, 7) is 3.25. The average molecular weight is 808 g/mol. The van der Waals surface area contributed by atoms with Crippen LogP contribution in [0, 0.1) is 22.0 Å².